The molecule has 1 aromatic carbocycles. The van der Waals surface area contributed by atoms with E-state index in [0.717, 1.165) is 11.1 Å². The predicted molar refractivity (Wildman–Crippen MR) is 86.8 cm³/mol. The second kappa shape index (κ2) is 7.24. The van der Waals surface area contributed by atoms with Crippen molar-refractivity contribution in [1.82, 2.24) is 9.62 Å². The highest BCUT2D eigenvalue weighted by Gasteiger charge is 2.28. The lowest BCUT2D eigenvalue weighted by atomic mass is 10.1. The molecule has 0 bridgehead atoms. The van der Waals surface area contributed by atoms with Crippen LogP contribution in [-0.2, 0) is 20.6 Å². The second-order valence-corrected chi connectivity index (χ2v) is 7.81. The number of amides is 1. The van der Waals surface area contributed by atoms with Crippen LogP contribution in [0.5, 0.6) is 0 Å². The summed E-state index contributed by atoms with van der Waals surface area (Å²) in [6, 6.07) is 7.68. The number of hydrogen-bond acceptors (Lipinski definition) is 3. The highest BCUT2D eigenvalue weighted by molar-refractivity contribution is 7.88. The molecule has 5 nitrogen and oxygen atoms in total. The molecule has 22 heavy (non-hydrogen) atoms. The van der Waals surface area contributed by atoms with Crippen LogP contribution < -0.4 is 5.32 Å². The smallest absolute Gasteiger partial charge is 0.219 e. The molecule has 122 valence electrons. The molecule has 1 N–H and O–H groups in total. The van der Waals surface area contributed by atoms with Gasteiger partial charge in [-0.1, -0.05) is 36.8 Å². The quantitative estimate of drug-likeness (QED) is 0.898. The molecule has 1 fully saturated rings. The maximum atomic E-state index is 12.5. The normalized spacial score (nSPS) is 17.4. The Kier molecular flexibility index (Phi) is 5.58. The van der Waals surface area contributed by atoms with E-state index in [1.807, 2.05) is 38.1 Å². The van der Waals surface area contributed by atoms with Gasteiger partial charge < -0.3 is 5.32 Å². The minimum absolute atomic E-state index is 0.0287. The van der Waals surface area contributed by atoms with E-state index in [4.69, 9.17) is 0 Å². The predicted octanol–water partition coefficient (Wildman–Crippen LogP) is 1.82. The van der Waals surface area contributed by atoms with Gasteiger partial charge in [0, 0.05) is 25.6 Å². The van der Waals surface area contributed by atoms with E-state index >= 15 is 0 Å². The standard InChI is InChI=1S/C16H24N2O3S/c1-3-16(19)17-15-8-10-18(11-9-15)22(20,21)12-14-6-4-13(2)5-7-14/h4-7,15H,3,8-12H2,1-2H3,(H,17,19). The minimum Gasteiger partial charge on any atom is -0.353 e. The minimum atomic E-state index is -3.29. The Labute approximate surface area is 132 Å². The molecule has 6 heteroatoms. The first-order valence-corrected chi connectivity index (χ1v) is 9.34. The van der Waals surface area contributed by atoms with E-state index in [2.05, 4.69) is 5.32 Å². The van der Waals surface area contributed by atoms with Gasteiger partial charge in [-0.2, -0.15) is 0 Å². The van der Waals surface area contributed by atoms with E-state index < -0.39 is 10.0 Å². The Bertz CT molecular complexity index is 603. The topological polar surface area (TPSA) is 66.5 Å². The van der Waals surface area contributed by atoms with Gasteiger partial charge in [-0.05, 0) is 25.3 Å². The van der Waals surface area contributed by atoms with Crippen LogP contribution in [0.4, 0.5) is 0 Å². The number of rotatable bonds is 5. The number of benzene rings is 1. The maximum Gasteiger partial charge on any atom is 0.219 e. The van der Waals surface area contributed by atoms with Gasteiger partial charge in [0.2, 0.25) is 15.9 Å². The Morgan fingerprint density at radius 2 is 1.82 bits per heavy atom. The molecule has 0 unspecified atom stereocenters. The fraction of sp³-hybridized carbons (Fsp3) is 0.562. The average Bonchev–Trinajstić information content (AvgIpc) is 2.50. The molecular weight excluding hydrogens is 300 g/mol. The van der Waals surface area contributed by atoms with Crippen LogP contribution in [-0.4, -0.2) is 37.8 Å². The van der Waals surface area contributed by atoms with Gasteiger partial charge >= 0.3 is 0 Å². The van der Waals surface area contributed by atoms with Crippen molar-refractivity contribution in [2.75, 3.05) is 13.1 Å². The van der Waals surface area contributed by atoms with Crippen LogP contribution in [0.3, 0.4) is 0 Å². The van der Waals surface area contributed by atoms with Crippen molar-refractivity contribution in [1.29, 1.82) is 0 Å². The molecule has 1 aliphatic heterocycles. The van der Waals surface area contributed by atoms with Crippen molar-refractivity contribution in [2.45, 2.75) is 44.9 Å². The van der Waals surface area contributed by atoms with Crippen LogP contribution in [0.25, 0.3) is 0 Å². The number of aryl methyl sites for hydroxylation is 1. The van der Waals surface area contributed by atoms with E-state index in [1.54, 1.807) is 4.31 Å². The monoisotopic (exact) mass is 324 g/mol. The highest BCUT2D eigenvalue weighted by atomic mass is 32.2. The lowest BCUT2D eigenvalue weighted by Crippen LogP contribution is -2.46. The second-order valence-electron chi connectivity index (χ2n) is 5.84. The third-order valence-corrected chi connectivity index (χ3v) is 5.85. The van der Waals surface area contributed by atoms with E-state index in [-0.39, 0.29) is 17.7 Å². The molecule has 1 amide bonds. The number of sulfonamides is 1. The molecule has 0 spiro atoms. The van der Waals surface area contributed by atoms with Crippen molar-refractivity contribution in [3.8, 4) is 0 Å². The molecule has 0 radical (unpaired) electrons. The fourth-order valence-electron chi connectivity index (χ4n) is 2.59. The van der Waals surface area contributed by atoms with Crippen LogP contribution in [0, 0.1) is 6.92 Å². The Morgan fingerprint density at radius 1 is 1.23 bits per heavy atom. The number of carbonyl (C=O) groups is 1. The molecule has 1 aliphatic rings. The summed E-state index contributed by atoms with van der Waals surface area (Å²) in [5.41, 5.74) is 1.93. The van der Waals surface area contributed by atoms with E-state index in [0.29, 0.717) is 32.4 Å². The number of nitrogens with one attached hydrogen (secondary N) is 1. The lowest BCUT2D eigenvalue weighted by molar-refractivity contribution is -0.121. The molecule has 0 saturated carbocycles. The first-order valence-electron chi connectivity index (χ1n) is 7.73. The van der Waals surface area contributed by atoms with Gasteiger partial charge in [0.15, 0.2) is 0 Å². The van der Waals surface area contributed by atoms with Crippen molar-refractivity contribution < 1.29 is 13.2 Å². The van der Waals surface area contributed by atoms with E-state index in [9.17, 15) is 13.2 Å². The van der Waals surface area contributed by atoms with Gasteiger partial charge in [-0.25, -0.2) is 12.7 Å². The maximum absolute atomic E-state index is 12.5. The summed E-state index contributed by atoms with van der Waals surface area (Å²) in [6.45, 7) is 4.75. The third-order valence-electron chi connectivity index (χ3n) is 4.00. The van der Waals surface area contributed by atoms with Crippen molar-refractivity contribution in [2.24, 2.45) is 0 Å². The fourth-order valence-corrected chi connectivity index (χ4v) is 4.16. The largest absolute Gasteiger partial charge is 0.353 e. The zero-order valence-corrected chi connectivity index (χ0v) is 14.0. The van der Waals surface area contributed by atoms with Gasteiger partial charge in [0.05, 0.1) is 5.75 Å². The summed E-state index contributed by atoms with van der Waals surface area (Å²) < 4.78 is 26.5. The summed E-state index contributed by atoms with van der Waals surface area (Å²) in [7, 11) is -3.29. The van der Waals surface area contributed by atoms with Gasteiger partial charge in [0.1, 0.15) is 0 Å². The van der Waals surface area contributed by atoms with Crippen LogP contribution in [0.2, 0.25) is 0 Å². The van der Waals surface area contributed by atoms with Crippen LogP contribution in [0.1, 0.15) is 37.3 Å². The molecule has 1 aromatic rings. The molecular formula is C16H24N2O3S. The van der Waals surface area contributed by atoms with Gasteiger partial charge in [-0.3, -0.25) is 4.79 Å². The van der Waals surface area contributed by atoms with Gasteiger partial charge in [0.25, 0.3) is 0 Å². The number of nitrogens with zero attached hydrogens (tertiary/aromatic N) is 1. The summed E-state index contributed by atoms with van der Waals surface area (Å²) in [5.74, 6) is 0.0696. The molecule has 0 aromatic heterocycles. The molecule has 0 aliphatic carbocycles. The first-order chi connectivity index (χ1) is 10.4. The average molecular weight is 324 g/mol. The Morgan fingerprint density at radius 3 is 2.36 bits per heavy atom. The Balaban J connectivity index is 1.92. The molecule has 1 saturated heterocycles. The number of piperidine rings is 1. The lowest BCUT2D eigenvalue weighted by Gasteiger charge is -2.31. The van der Waals surface area contributed by atoms with E-state index in [1.165, 1.54) is 0 Å². The van der Waals surface area contributed by atoms with Crippen molar-refractivity contribution in [3.63, 3.8) is 0 Å². The van der Waals surface area contributed by atoms with Gasteiger partial charge in [-0.15, -0.1) is 0 Å². The number of hydrogen-bond donors (Lipinski definition) is 1. The van der Waals surface area contributed by atoms with Crippen LogP contribution >= 0.6 is 0 Å². The molecule has 0 atom stereocenters. The molecule has 2 rings (SSSR count). The summed E-state index contributed by atoms with van der Waals surface area (Å²) >= 11 is 0. The highest BCUT2D eigenvalue weighted by Crippen LogP contribution is 2.18. The van der Waals surface area contributed by atoms with Crippen molar-refractivity contribution >= 4 is 15.9 Å². The summed E-state index contributed by atoms with van der Waals surface area (Å²) in [5, 5.41) is 2.94. The van der Waals surface area contributed by atoms with Crippen molar-refractivity contribution in [3.05, 3.63) is 35.4 Å². The number of carbonyl (C=O) groups excluding carboxylic acids is 1. The zero-order valence-electron chi connectivity index (χ0n) is 13.2. The SMILES string of the molecule is CCC(=O)NC1CCN(S(=O)(=O)Cc2ccc(C)cc2)CC1. The first kappa shape index (κ1) is 17.0. The summed E-state index contributed by atoms with van der Waals surface area (Å²) in [4.78, 5) is 11.4. The third kappa shape index (κ3) is 4.55. The summed E-state index contributed by atoms with van der Waals surface area (Å²) in [6.07, 6.45) is 1.82. The molecule has 1 heterocycles. The Hall–Kier alpha value is -1.40. The zero-order chi connectivity index (χ0) is 16.2. The van der Waals surface area contributed by atoms with Crippen LogP contribution in [0.15, 0.2) is 24.3 Å².